The number of aromatic nitrogens is 1. The summed E-state index contributed by atoms with van der Waals surface area (Å²) in [6, 6.07) is 23.0. The summed E-state index contributed by atoms with van der Waals surface area (Å²) >= 11 is 0. The highest BCUT2D eigenvalue weighted by Gasteiger charge is 2.52. The van der Waals surface area contributed by atoms with Crippen molar-refractivity contribution in [1.29, 1.82) is 0 Å². The number of nitrogens with zero attached hydrogens (tertiary/aromatic N) is 2. The van der Waals surface area contributed by atoms with E-state index in [2.05, 4.69) is 83.5 Å². The normalized spacial score (nSPS) is 24.3. The third kappa shape index (κ3) is 3.52. The van der Waals surface area contributed by atoms with Crippen molar-refractivity contribution in [1.82, 2.24) is 14.8 Å². The minimum absolute atomic E-state index is 0.000261. The predicted molar refractivity (Wildman–Crippen MR) is 138 cm³/mol. The molecule has 6 rings (SSSR count). The van der Waals surface area contributed by atoms with Gasteiger partial charge in [-0.3, -0.25) is 4.79 Å². The van der Waals surface area contributed by atoms with Crippen molar-refractivity contribution in [2.75, 3.05) is 20.6 Å². The molecule has 35 heavy (non-hydrogen) atoms. The number of carbonyl (C=O) groups excluding carboxylic acids is 1. The molecule has 1 N–H and O–H groups in total. The summed E-state index contributed by atoms with van der Waals surface area (Å²) in [5.41, 5.74) is 4.86. The Bertz CT molecular complexity index is 1330. The number of benzene rings is 2. The van der Waals surface area contributed by atoms with Crippen LogP contribution in [0.25, 0.3) is 10.9 Å². The largest absolute Gasteiger partial charge is 0.459 e. The molecule has 4 aromatic rings. The molecule has 0 bridgehead atoms. The van der Waals surface area contributed by atoms with Crippen LogP contribution in [0.2, 0.25) is 0 Å². The van der Waals surface area contributed by atoms with E-state index in [-0.39, 0.29) is 17.0 Å². The molecule has 180 valence electrons. The van der Waals surface area contributed by atoms with Crippen LogP contribution in [-0.2, 0) is 18.4 Å². The van der Waals surface area contributed by atoms with Crippen molar-refractivity contribution >= 4 is 16.8 Å². The van der Waals surface area contributed by atoms with Crippen LogP contribution < -0.4 is 0 Å². The number of carbonyl (C=O) groups is 1. The molecular formula is C30H33N3O2. The quantitative estimate of drug-likeness (QED) is 0.414. The average molecular weight is 468 g/mol. The lowest BCUT2D eigenvalue weighted by atomic mass is 9.65. The zero-order valence-electron chi connectivity index (χ0n) is 20.6. The van der Waals surface area contributed by atoms with Crippen molar-refractivity contribution in [3.8, 4) is 0 Å². The van der Waals surface area contributed by atoms with Crippen LogP contribution in [0.3, 0.4) is 0 Å². The summed E-state index contributed by atoms with van der Waals surface area (Å²) in [4.78, 5) is 22.1. The molecule has 1 spiro atoms. The van der Waals surface area contributed by atoms with Gasteiger partial charge in [-0.25, -0.2) is 0 Å². The van der Waals surface area contributed by atoms with Gasteiger partial charge in [0.1, 0.15) is 0 Å². The fourth-order valence-electron chi connectivity index (χ4n) is 6.67. The molecule has 1 aliphatic heterocycles. The molecule has 0 saturated heterocycles. The van der Waals surface area contributed by atoms with E-state index in [1.165, 1.54) is 22.2 Å². The molecule has 5 heteroatoms. The number of likely N-dealkylation sites (N-methyl/N-ethyl adjacent to an activating group) is 1. The van der Waals surface area contributed by atoms with Crippen molar-refractivity contribution in [3.05, 3.63) is 95.6 Å². The lowest BCUT2D eigenvalue weighted by Gasteiger charge is -2.55. The molecule has 2 aromatic carbocycles. The number of fused-ring (bicyclic) bond motifs is 4. The lowest BCUT2D eigenvalue weighted by molar-refractivity contribution is -0.0137. The number of amides is 1. The van der Waals surface area contributed by atoms with Gasteiger partial charge >= 0.3 is 0 Å². The Hall–Kier alpha value is -3.31. The predicted octanol–water partition coefficient (Wildman–Crippen LogP) is 5.77. The van der Waals surface area contributed by atoms with Crippen LogP contribution in [0.15, 0.2) is 77.4 Å². The van der Waals surface area contributed by atoms with Gasteiger partial charge in [-0.15, -0.1) is 0 Å². The fraction of sp³-hybridized carbons (Fsp3) is 0.367. The number of para-hydroxylation sites is 1. The van der Waals surface area contributed by atoms with Crippen molar-refractivity contribution in [3.63, 3.8) is 0 Å². The van der Waals surface area contributed by atoms with Gasteiger partial charge < -0.3 is 19.2 Å². The maximum Gasteiger partial charge on any atom is 0.290 e. The second kappa shape index (κ2) is 8.42. The third-order valence-corrected chi connectivity index (χ3v) is 8.69. The van der Waals surface area contributed by atoms with E-state index < -0.39 is 0 Å². The highest BCUT2D eigenvalue weighted by atomic mass is 16.3. The van der Waals surface area contributed by atoms with Gasteiger partial charge in [0.05, 0.1) is 11.8 Å². The van der Waals surface area contributed by atoms with E-state index in [4.69, 9.17) is 4.42 Å². The minimum atomic E-state index is -0.354. The van der Waals surface area contributed by atoms with Gasteiger partial charge in [0.15, 0.2) is 5.76 Å². The fourth-order valence-corrected chi connectivity index (χ4v) is 6.67. The zero-order valence-corrected chi connectivity index (χ0v) is 20.6. The molecule has 2 aromatic heterocycles. The van der Waals surface area contributed by atoms with E-state index in [1.54, 1.807) is 18.4 Å². The highest BCUT2D eigenvalue weighted by Crippen LogP contribution is 2.51. The number of nitrogens with one attached hydrogen (secondary N) is 1. The van der Waals surface area contributed by atoms with Crippen molar-refractivity contribution in [2.24, 2.45) is 0 Å². The summed E-state index contributed by atoms with van der Waals surface area (Å²) in [5.74, 6) is 0.428. The molecular weight excluding hydrogens is 434 g/mol. The molecule has 0 unspecified atom stereocenters. The second-order valence-electron chi connectivity index (χ2n) is 10.5. The maximum atomic E-state index is 13.8. The summed E-state index contributed by atoms with van der Waals surface area (Å²) < 4.78 is 5.58. The van der Waals surface area contributed by atoms with Crippen LogP contribution in [0.1, 0.15) is 53.1 Å². The number of rotatable bonds is 4. The van der Waals surface area contributed by atoms with E-state index >= 15 is 0 Å². The summed E-state index contributed by atoms with van der Waals surface area (Å²) in [6.07, 6.45) is 7.35. The van der Waals surface area contributed by atoms with E-state index in [0.29, 0.717) is 12.3 Å². The maximum absolute atomic E-state index is 13.8. The molecule has 0 atom stereocenters. The molecule has 3 heterocycles. The third-order valence-electron chi connectivity index (χ3n) is 8.69. The van der Waals surface area contributed by atoms with E-state index in [9.17, 15) is 4.79 Å². The van der Waals surface area contributed by atoms with Gasteiger partial charge in [-0.1, -0.05) is 48.5 Å². The Morgan fingerprint density at radius 2 is 1.71 bits per heavy atom. The summed E-state index contributed by atoms with van der Waals surface area (Å²) in [7, 11) is 4.42. The molecule has 5 nitrogen and oxygen atoms in total. The van der Waals surface area contributed by atoms with E-state index in [0.717, 1.165) is 44.0 Å². The second-order valence-corrected chi connectivity index (χ2v) is 10.5. The molecule has 1 saturated carbocycles. The molecule has 1 fully saturated rings. The number of aromatic amines is 1. The Balaban J connectivity index is 1.42. The molecule has 0 radical (unpaired) electrons. The van der Waals surface area contributed by atoms with Crippen LogP contribution in [0, 0.1) is 0 Å². The standard InChI is InChI=1S/C30H33N3O2/c1-32(2)29(21-22-9-4-3-5-10-22)15-17-30(18-16-29)27-24(23-11-6-7-12-25(23)31-27)14-19-33(30)28(34)26-13-8-20-35-26/h3-13,20,31H,14-19,21H2,1-2H3. The van der Waals surface area contributed by atoms with Crippen LogP contribution in [0.5, 0.6) is 0 Å². The van der Waals surface area contributed by atoms with Gasteiger partial charge in [0, 0.05) is 28.7 Å². The molecule has 2 aliphatic rings. The number of furan rings is 1. The van der Waals surface area contributed by atoms with Gasteiger partial charge in [-0.2, -0.15) is 0 Å². The van der Waals surface area contributed by atoms with Gasteiger partial charge in [0.2, 0.25) is 0 Å². The molecule has 1 amide bonds. The first-order chi connectivity index (χ1) is 17.0. The summed E-state index contributed by atoms with van der Waals surface area (Å²) in [5, 5.41) is 1.29. The minimum Gasteiger partial charge on any atom is -0.459 e. The zero-order chi connectivity index (χ0) is 24.0. The summed E-state index contributed by atoms with van der Waals surface area (Å²) in [6.45, 7) is 0.710. The van der Waals surface area contributed by atoms with Crippen molar-refractivity contribution < 1.29 is 9.21 Å². The number of hydrogen-bond donors (Lipinski definition) is 1. The Labute approximate surface area is 206 Å². The van der Waals surface area contributed by atoms with Crippen molar-refractivity contribution in [2.45, 2.75) is 49.6 Å². The lowest BCUT2D eigenvalue weighted by Crippen LogP contribution is -2.59. The van der Waals surface area contributed by atoms with Crippen LogP contribution in [0.4, 0.5) is 0 Å². The first kappa shape index (κ1) is 22.2. The highest BCUT2D eigenvalue weighted by molar-refractivity contribution is 5.93. The Morgan fingerprint density at radius 3 is 2.43 bits per heavy atom. The number of H-pyrrole nitrogens is 1. The first-order valence-electron chi connectivity index (χ1n) is 12.7. The first-order valence-corrected chi connectivity index (χ1v) is 12.7. The SMILES string of the molecule is CN(C)C1(Cc2ccccc2)CCC2(CC1)c1[nH]c3ccccc3c1CCN2C(=O)c1ccco1. The Morgan fingerprint density at radius 1 is 0.971 bits per heavy atom. The monoisotopic (exact) mass is 467 g/mol. The van der Waals surface area contributed by atoms with Gasteiger partial charge in [0.25, 0.3) is 5.91 Å². The molecule has 1 aliphatic carbocycles. The number of hydrogen-bond acceptors (Lipinski definition) is 3. The Kier molecular flexibility index (Phi) is 5.33. The van der Waals surface area contributed by atoms with Crippen LogP contribution >= 0.6 is 0 Å². The van der Waals surface area contributed by atoms with E-state index in [1.807, 2.05) is 0 Å². The van der Waals surface area contributed by atoms with Crippen LogP contribution in [-0.4, -0.2) is 46.9 Å². The van der Waals surface area contributed by atoms with Gasteiger partial charge in [-0.05, 0) is 81.9 Å². The topological polar surface area (TPSA) is 52.5 Å². The average Bonchev–Trinajstić information content (AvgIpc) is 3.55. The smallest absolute Gasteiger partial charge is 0.290 e.